The fraction of sp³-hybridized carbons (Fsp3) is 0.368. The van der Waals surface area contributed by atoms with Crippen molar-refractivity contribution in [2.24, 2.45) is 10.9 Å². The first kappa shape index (κ1) is 18.0. The van der Waals surface area contributed by atoms with Crippen LogP contribution in [-0.2, 0) is 12.6 Å². The maximum Gasteiger partial charge on any atom is 0.417 e. The molecule has 0 spiro atoms. The number of benzene rings is 1. The molecule has 0 fully saturated rings. The Hall–Kier alpha value is -1.82. The highest BCUT2D eigenvalue weighted by molar-refractivity contribution is 7.99. The fourth-order valence-corrected chi connectivity index (χ4v) is 3.83. The van der Waals surface area contributed by atoms with Crippen LogP contribution in [0.5, 0.6) is 0 Å². The molecule has 25 heavy (non-hydrogen) atoms. The number of hydrogen-bond donors (Lipinski definition) is 0. The molecule has 0 radical (unpaired) electrons. The Labute approximate surface area is 149 Å². The molecule has 1 aromatic heterocycles. The van der Waals surface area contributed by atoms with Gasteiger partial charge in [-0.15, -0.1) is 11.8 Å². The van der Waals surface area contributed by atoms with Gasteiger partial charge in [0, 0.05) is 29.0 Å². The number of hydrogen-bond acceptors (Lipinski definition) is 3. The van der Waals surface area contributed by atoms with Crippen LogP contribution in [0, 0.1) is 5.92 Å². The topological polar surface area (TPSA) is 25.2 Å². The maximum atomic E-state index is 13.0. The summed E-state index contributed by atoms with van der Waals surface area (Å²) in [5.74, 6) is 1.09. The van der Waals surface area contributed by atoms with E-state index in [0.29, 0.717) is 17.8 Å². The number of aliphatic imine (C=N–C) groups is 1. The van der Waals surface area contributed by atoms with Crippen LogP contribution in [0.2, 0.25) is 0 Å². The van der Waals surface area contributed by atoms with Gasteiger partial charge in [-0.3, -0.25) is 9.98 Å². The van der Waals surface area contributed by atoms with Crippen LogP contribution >= 0.6 is 11.8 Å². The average molecular weight is 364 g/mol. The molecule has 0 bridgehead atoms. The molecule has 2 heterocycles. The molecule has 1 aromatic carbocycles. The summed E-state index contributed by atoms with van der Waals surface area (Å²) in [5, 5.41) is 0. The molecular formula is C19H19F3N2S. The fourth-order valence-electron chi connectivity index (χ4n) is 3.02. The smallest absolute Gasteiger partial charge is 0.258 e. The summed E-state index contributed by atoms with van der Waals surface area (Å²) in [7, 11) is 0. The van der Waals surface area contributed by atoms with Gasteiger partial charge in [-0.2, -0.15) is 13.2 Å². The molecule has 6 heteroatoms. The molecule has 1 aliphatic heterocycles. The standard InChI is InChI=1S/C19H19F3N2S/c1-3-12-9-15-16(10-13(11-23-15)19(20,21)22)24-18(12)14-7-5-6-8-17(14)25-4-2/h5-8,10-12H,3-4,9H2,1-2H3. The molecule has 0 amide bonds. The van der Waals surface area contributed by atoms with E-state index in [9.17, 15) is 13.2 Å². The Balaban J connectivity index is 2.11. The second kappa shape index (κ2) is 7.20. The normalized spacial score (nSPS) is 17.2. The third kappa shape index (κ3) is 3.73. The average Bonchev–Trinajstić information content (AvgIpc) is 2.60. The lowest BCUT2D eigenvalue weighted by atomic mass is 9.87. The van der Waals surface area contributed by atoms with Crippen molar-refractivity contribution in [3.63, 3.8) is 0 Å². The highest BCUT2D eigenvalue weighted by atomic mass is 32.2. The number of nitrogens with zero attached hydrogens (tertiary/aromatic N) is 2. The quantitative estimate of drug-likeness (QED) is 0.630. The molecule has 2 aromatic rings. The van der Waals surface area contributed by atoms with Crippen molar-refractivity contribution in [1.82, 2.24) is 4.98 Å². The van der Waals surface area contributed by atoms with E-state index in [1.807, 2.05) is 24.3 Å². The predicted molar refractivity (Wildman–Crippen MR) is 95.8 cm³/mol. The van der Waals surface area contributed by atoms with E-state index >= 15 is 0 Å². The second-order valence-corrected chi connectivity index (χ2v) is 7.23. The highest BCUT2D eigenvalue weighted by Gasteiger charge is 2.33. The Morgan fingerprint density at radius 2 is 1.96 bits per heavy atom. The van der Waals surface area contributed by atoms with Crippen LogP contribution in [0.3, 0.4) is 0 Å². The minimum atomic E-state index is -4.41. The van der Waals surface area contributed by atoms with Crippen molar-refractivity contribution < 1.29 is 13.2 Å². The molecular weight excluding hydrogens is 345 g/mol. The molecule has 0 N–H and O–H groups in total. The summed E-state index contributed by atoms with van der Waals surface area (Å²) in [5.41, 5.74) is 2.12. The van der Waals surface area contributed by atoms with Crippen LogP contribution in [0.1, 0.15) is 37.1 Å². The molecule has 1 unspecified atom stereocenters. The summed E-state index contributed by atoms with van der Waals surface area (Å²) < 4.78 is 39.0. The summed E-state index contributed by atoms with van der Waals surface area (Å²) in [6.07, 6.45) is -2.01. The van der Waals surface area contributed by atoms with Gasteiger partial charge in [0.25, 0.3) is 0 Å². The van der Waals surface area contributed by atoms with Crippen molar-refractivity contribution >= 4 is 23.2 Å². The van der Waals surface area contributed by atoms with E-state index in [-0.39, 0.29) is 5.92 Å². The number of fused-ring (bicyclic) bond motifs is 1. The van der Waals surface area contributed by atoms with E-state index in [1.54, 1.807) is 11.8 Å². The van der Waals surface area contributed by atoms with E-state index < -0.39 is 11.7 Å². The number of aromatic nitrogens is 1. The van der Waals surface area contributed by atoms with Gasteiger partial charge in [0.15, 0.2) is 0 Å². The molecule has 1 atom stereocenters. The Bertz CT molecular complexity index is 799. The lowest BCUT2D eigenvalue weighted by molar-refractivity contribution is -0.137. The second-order valence-electron chi connectivity index (χ2n) is 5.92. The van der Waals surface area contributed by atoms with Crippen LogP contribution in [0.4, 0.5) is 18.9 Å². The molecule has 1 aliphatic rings. The van der Waals surface area contributed by atoms with E-state index in [2.05, 4.69) is 23.8 Å². The largest absolute Gasteiger partial charge is 0.417 e. The van der Waals surface area contributed by atoms with Gasteiger partial charge in [-0.1, -0.05) is 32.0 Å². The summed E-state index contributed by atoms with van der Waals surface area (Å²) in [6, 6.07) is 9.08. The predicted octanol–water partition coefficient (Wildman–Crippen LogP) is 5.92. The zero-order valence-corrected chi connectivity index (χ0v) is 14.9. The molecule has 0 saturated heterocycles. The van der Waals surface area contributed by atoms with Crippen LogP contribution in [0.15, 0.2) is 46.4 Å². The SMILES string of the molecule is CCSc1ccccc1C1=Nc2cc(C(F)(F)F)cnc2CC1CC. The zero-order valence-electron chi connectivity index (χ0n) is 14.1. The number of alkyl halides is 3. The lowest BCUT2D eigenvalue weighted by Gasteiger charge is -2.25. The minimum Gasteiger partial charge on any atom is -0.258 e. The zero-order chi connectivity index (χ0) is 18.0. The first-order valence-corrected chi connectivity index (χ1v) is 9.29. The lowest BCUT2D eigenvalue weighted by Crippen LogP contribution is -2.23. The van der Waals surface area contributed by atoms with E-state index in [4.69, 9.17) is 0 Å². The number of halogens is 3. The van der Waals surface area contributed by atoms with Crippen molar-refractivity contribution in [2.45, 2.75) is 37.8 Å². The Kier molecular flexibility index (Phi) is 5.18. The highest BCUT2D eigenvalue weighted by Crippen LogP contribution is 2.37. The van der Waals surface area contributed by atoms with Crippen LogP contribution in [-0.4, -0.2) is 16.4 Å². The third-order valence-electron chi connectivity index (χ3n) is 4.30. The Morgan fingerprint density at radius 1 is 1.20 bits per heavy atom. The van der Waals surface area contributed by atoms with E-state index in [1.165, 1.54) is 0 Å². The van der Waals surface area contributed by atoms with Gasteiger partial charge in [-0.05, 0) is 24.3 Å². The Morgan fingerprint density at radius 3 is 2.64 bits per heavy atom. The van der Waals surface area contributed by atoms with Gasteiger partial charge in [0.1, 0.15) is 0 Å². The summed E-state index contributed by atoms with van der Waals surface area (Å²) in [4.78, 5) is 9.78. The van der Waals surface area contributed by atoms with Gasteiger partial charge in [0.2, 0.25) is 0 Å². The summed E-state index contributed by atoms with van der Waals surface area (Å²) >= 11 is 1.72. The monoisotopic (exact) mass is 364 g/mol. The maximum absolute atomic E-state index is 13.0. The van der Waals surface area contributed by atoms with Gasteiger partial charge < -0.3 is 0 Å². The molecule has 0 saturated carbocycles. The van der Waals surface area contributed by atoms with Crippen LogP contribution < -0.4 is 0 Å². The van der Waals surface area contributed by atoms with Gasteiger partial charge >= 0.3 is 6.18 Å². The van der Waals surface area contributed by atoms with E-state index in [0.717, 1.165) is 40.6 Å². The number of pyridine rings is 1. The minimum absolute atomic E-state index is 0.162. The van der Waals surface area contributed by atoms with Crippen molar-refractivity contribution in [2.75, 3.05) is 5.75 Å². The first-order chi connectivity index (χ1) is 11.9. The van der Waals surface area contributed by atoms with Crippen molar-refractivity contribution in [3.8, 4) is 0 Å². The first-order valence-electron chi connectivity index (χ1n) is 8.31. The van der Waals surface area contributed by atoms with Gasteiger partial charge in [0.05, 0.1) is 22.7 Å². The molecule has 132 valence electrons. The summed E-state index contributed by atoms with van der Waals surface area (Å²) in [6.45, 7) is 4.15. The van der Waals surface area contributed by atoms with Crippen LogP contribution in [0.25, 0.3) is 0 Å². The molecule has 0 aliphatic carbocycles. The molecule has 3 rings (SSSR count). The third-order valence-corrected chi connectivity index (χ3v) is 5.25. The number of rotatable bonds is 4. The van der Waals surface area contributed by atoms with Crippen molar-refractivity contribution in [1.29, 1.82) is 0 Å². The van der Waals surface area contributed by atoms with Crippen molar-refractivity contribution in [3.05, 3.63) is 53.3 Å². The number of thioether (sulfide) groups is 1. The molecule has 2 nitrogen and oxygen atoms in total. The van der Waals surface area contributed by atoms with Gasteiger partial charge in [-0.25, -0.2) is 0 Å².